The van der Waals surface area contributed by atoms with E-state index < -0.39 is 11.3 Å². The first-order chi connectivity index (χ1) is 7.89. The van der Waals surface area contributed by atoms with Crippen LogP contribution in [0, 0.1) is 0 Å². The van der Waals surface area contributed by atoms with Crippen LogP contribution in [0.3, 0.4) is 0 Å². The summed E-state index contributed by atoms with van der Waals surface area (Å²) in [5, 5.41) is 2.57. The topological polar surface area (TPSA) is 29.1 Å². The summed E-state index contributed by atoms with van der Waals surface area (Å²) in [6, 6.07) is 6.49. The molecule has 1 N–H and O–H groups in total. The molecule has 1 aromatic rings. The predicted octanol–water partition coefficient (Wildman–Crippen LogP) is 3.11. The number of hydrogen-bond acceptors (Lipinski definition) is 1. The summed E-state index contributed by atoms with van der Waals surface area (Å²) in [5.41, 5.74) is 0.124. The Balaban J connectivity index is 2.15. The molecule has 0 spiro atoms. The highest BCUT2D eigenvalue weighted by Gasteiger charge is 2.68. The number of nitrogens with one attached hydrogen (secondary N) is 1. The molecule has 1 aliphatic rings. The van der Waals surface area contributed by atoms with Crippen LogP contribution in [0.1, 0.15) is 18.9 Å². The minimum Gasteiger partial charge on any atom is -0.323 e. The van der Waals surface area contributed by atoms with E-state index in [1.54, 1.807) is 31.2 Å². The number of benzene rings is 1. The van der Waals surface area contributed by atoms with E-state index in [0.717, 1.165) is 6.08 Å². The molecule has 17 heavy (non-hydrogen) atoms. The number of hydrogen-bond donors (Lipinski definition) is 1. The average molecular weight is 237 g/mol. The van der Waals surface area contributed by atoms with Crippen LogP contribution in [0.2, 0.25) is 0 Å². The SMILES string of the molecule is C=CC(=O)Nc1ccc(C2(C)CC2(F)F)cc1. The van der Waals surface area contributed by atoms with Crippen molar-refractivity contribution in [3.63, 3.8) is 0 Å². The number of halogens is 2. The molecule has 2 rings (SSSR count). The molecule has 0 bridgehead atoms. The Bertz CT molecular complexity index is 467. The van der Waals surface area contributed by atoms with Gasteiger partial charge in [0.15, 0.2) is 0 Å². The van der Waals surface area contributed by atoms with E-state index >= 15 is 0 Å². The number of alkyl halides is 2. The molecule has 1 atom stereocenters. The first-order valence-corrected chi connectivity index (χ1v) is 5.31. The quantitative estimate of drug-likeness (QED) is 0.804. The molecule has 90 valence electrons. The Hall–Kier alpha value is -1.71. The van der Waals surface area contributed by atoms with Crippen molar-refractivity contribution >= 4 is 11.6 Å². The Kier molecular flexibility index (Phi) is 2.53. The van der Waals surface area contributed by atoms with Crippen molar-refractivity contribution in [2.45, 2.75) is 24.7 Å². The van der Waals surface area contributed by atoms with Gasteiger partial charge in [-0.15, -0.1) is 0 Å². The molecule has 1 aliphatic carbocycles. The third kappa shape index (κ3) is 1.95. The summed E-state index contributed by atoms with van der Waals surface area (Å²) in [4.78, 5) is 11.0. The van der Waals surface area contributed by atoms with Gasteiger partial charge in [0.25, 0.3) is 5.92 Å². The molecular formula is C13H13F2NO. The van der Waals surface area contributed by atoms with E-state index in [-0.39, 0.29) is 12.3 Å². The Morgan fingerprint density at radius 3 is 2.35 bits per heavy atom. The van der Waals surface area contributed by atoms with Gasteiger partial charge in [0, 0.05) is 12.1 Å². The monoisotopic (exact) mass is 237 g/mol. The Morgan fingerprint density at radius 1 is 1.41 bits per heavy atom. The van der Waals surface area contributed by atoms with Crippen LogP contribution in [0.5, 0.6) is 0 Å². The maximum Gasteiger partial charge on any atom is 0.258 e. The minimum atomic E-state index is -2.61. The zero-order chi connectivity index (χ0) is 12.7. The van der Waals surface area contributed by atoms with Gasteiger partial charge in [0.1, 0.15) is 0 Å². The summed E-state index contributed by atoms with van der Waals surface area (Å²) in [5.74, 6) is -2.93. The second-order valence-corrected chi connectivity index (χ2v) is 4.48. The predicted molar refractivity (Wildman–Crippen MR) is 62.2 cm³/mol. The highest BCUT2D eigenvalue weighted by atomic mass is 19.3. The number of rotatable bonds is 3. The molecule has 1 saturated carbocycles. The van der Waals surface area contributed by atoms with Crippen LogP contribution in [-0.4, -0.2) is 11.8 Å². The van der Waals surface area contributed by atoms with Crippen LogP contribution in [0.15, 0.2) is 36.9 Å². The van der Waals surface area contributed by atoms with Gasteiger partial charge in [-0.25, -0.2) is 8.78 Å². The van der Waals surface area contributed by atoms with Gasteiger partial charge in [-0.05, 0) is 30.7 Å². The van der Waals surface area contributed by atoms with E-state index in [9.17, 15) is 13.6 Å². The molecule has 1 unspecified atom stereocenters. The van der Waals surface area contributed by atoms with Crippen molar-refractivity contribution in [3.8, 4) is 0 Å². The van der Waals surface area contributed by atoms with E-state index in [2.05, 4.69) is 11.9 Å². The van der Waals surface area contributed by atoms with Gasteiger partial charge in [-0.3, -0.25) is 4.79 Å². The van der Waals surface area contributed by atoms with E-state index in [4.69, 9.17) is 0 Å². The highest BCUT2D eigenvalue weighted by molar-refractivity contribution is 5.98. The van der Waals surface area contributed by atoms with Crippen LogP contribution in [-0.2, 0) is 10.2 Å². The summed E-state index contributed by atoms with van der Waals surface area (Å²) >= 11 is 0. The molecular weight excluding hydrogens is 224 g/mol. The summed E-state index contributed by atoms with van der Waals surface area (Å²) in [7, 11) is 0. The lowest BCUT2D eigenvalue weighted by Gasteiger charge is -2.11. The number of carbonyl (C=O) groups excluding carboxylic acids is 1. The first-order valence-electron chi connectivity index (χ1n) is 5.31. The van der Waals surface area contributed by atoms with Crippen molar-refractivity contribution < 1.29 is 13.6 Å². The second-order valence-electron chi connectivity index (χ2n) is 4.48. The van der Waals surface area contributed by atoms with Crippen molar-refractivity contribution in [2.24, 2.45) is 0 Å². The zero-order valence-electron chi connectivity index (χ0n) is 9.47. The maximum atomic E-state index is 13.1. The molecule has 1 fully saturated rings. The van der Waals surface area contributed by atoms with Gasteiger partial charge in [0.2, 0.25) is 5.91 Å². The van der Waals surface area contributed by atoms with Gasteiger partial charge in [0.05, 0.1) is 5.41 Å². The van der Waals surface area contributed by atoms with Crippen LogP contribution >= 0.6 is 0 Å². The molecule has 2 nitrogen and oxygen atoms in total. The summed E-state index contributed by atoms with van der Waals surface area (Å²) in [6.07, 6.45) is 1.04. The summed E-state index contributed by atoms with van der Waals surface area (Å²) in [6.45, 7) is 4.88. The molecule has 0 radical (unpaired) electrons. The van der Waals surface area contributed by atoms with Crippen LogP contribution < -0.4 is 5.32 Å². The molecule has 0 aliphatic heterocycles. The second kappa shape index (κ2) is 3.65. The number of amides is 1. The third-order valence-electron chi connectivity index (χ3n) is 3.23. The lowest BCUT2D eigenvalue weighted by Crippen LogP contribution is -2.12. The largest absolute Gasteiger partial charge is 0.323 e. The molecule has 0 heterocycles. The fourth-order valence-electron chi connectivity index (χ4n) is 1.83. The first kappa shape index (κ1) is 11.8. The molecule has 1 amide bonds. The highest BCUT2D eigenvalue weighted by Crippen LogP contribution is 2.61. The van der Waals surface area contributed by atoms with Gasteiger partial charge >= 0.3 is 0 Å². The van der Waals surface area contributed by atoms with Crippen molar-refractivity contribution in [1.82, 2.24) is 0 Å². The number of carbonyl (C=O) groups is 1. The lowest BCUT2D eigenvalue weighted by atomic mass is 9.97. The molecule has 4 heteroatoms. The number of anilines is 1. The smallest absolute Gasteiger partial charge is 0.258 e. The van der Waals surface area contributed by atoms with Crippen molar-refractivity contribution in [1.29, 1.82) is 0 Å². The molecule has 1 aromatic carbocycles. The van der Waals surface area contributed by atoms with Crippen molar-refractivity contribution in [3.05, 3.63) is 42.5 Å². The third-order valence-corrected chi connectivity index (χ3v) is 3.23. The Morgan fingerprint density at radius 2 is 1.94 bits per heavy atom. The van der Waals surface area contributed by atoms with E-state index in [1.165, 1.54) is 0 Å². The van der Waals surface area contributed by atoms with E-state index in [1.807, 2.05) is 0 Å². The van der Waals surface area contributed by atoms with Gasteiger partial charge in [-0.1, -0.05) is 18.7 Å². The normalized spacial score (nSPS) is 25.1. The fourth-order valence-corrected chi connectivity index (χ4v) is 1.83. The van der Waals surface area contributed by atoms with Gasteiger partial charge in [-0.2, -0.15) is 0 Å². The van der Waals surface area contributed by atoms with Crippen molar-refractivity contribution in [2.75, 3.05) is 5.32 Å². The van der Waals surface area contributed by atoms with E-state index in [0.29, 0.717) is 11.3 Å². The molecule has 0 saturated heterocycles. The molecule has 0 aromatic heterocycles. The fraction of sp³-hybridized carbons (Fsp3) is 0.308. The summed E-state index contributed by atoms with van der Waals surface area (Å²) < 4.78 is 26.3. The lowest BCUT2D eigenvalue weighted by molar-refractivity contribution is -0.111. The zero-order valence-corrected chi connectivity index (χ0v) is 9.47. The average Bonchev–Trinajstić information content (AvgIpc) is 2.80. The Labute approximate surface area is 98.3 Å². The van der Waals surface area contributed by atoms with Crippen LogP contribution in [0.25, 0.3) is 0 Å². The maximum absolute atomic E-state index is 13.1. The minimum absolute atomic E-state index is 0.113. The van der Waals surface area contributed by atoms with Crippen LogP contribution in [0.4, 0.5) is 14.5 Å². The van der Waals surface area contributed by atoms with Gasteiger partial charge < -0.3 is 5.32 Å². The standard InChI is InChI=1S/C13H13F2NO/c1-3-11(17)16-10-6-4-9(5-7-10)12(2)8-13(12,14)15/h3-7H,1,8H2,2H3,(H,16,17).